The van der Waals surface area contributed by atoms with Crippen LogP contribution in [-0.4, -0.2) is 56.8 Å². The normalized spacial score (nSPS) is 18.9. The minimum absolute atomic E-state index is 0.381. The van der Waals surface area contributed by atoms with E-state index >= 15 is 0 Å². The largest absolute Gasteiger partial charge is 0.340 e. The van der Waals surface area contributed by atoms with Crippen molar-refractivity contribution in [2.45, 2.75) is 25.3 Å². The lowest BCUT2D eigenvalue weighted by molar-refractivity contribution is 0.382. The third-order valence-electron chi connectivity index (χ3n) is 4.08. The predicted octanol–water partition coefficient (Wildman–Crippen LogP) is 1.05. The van der Waals surface area contributed by atoms with E-state index < -0.39 is 0 Å². The molecule has 0 bridgehead atoms. The van der Waals surface area contributed by atoms with Gasteiger partial charge in [-0.1, -0.05) is 0 Å². The van der Waals surface area contributed by atoms with Crippen LogP contribution in [0.5, 0.6) is 0 Å². The second-order valence-electron chi connectivity index (χ2n) is 6.11. The Kier molecular flexibility index (Phi) is 4.33. The van der Waals surface area contributed by atoms with E-state index in [9.17, 15) is 0 Å². The monoisotopic (exact) mass is 301 g/mol. The zero-order valence-corrected chi connectivity index (χ0v) is 13.5. The lowest BCUT2D eigenvalue weighted by Gasteiger charge is -2.32. The van der Waals surface area contributed by atoms with Crippen LogP contribution in [0.25, 0.3) is 0 Å². The smallest absolute Gasteiger partial charge is 0.225 e. The second kappa shape index (κ2) is 6.39. The van der Waals surface area contributed by atoms with Gasteiger partial charge >= 0.3 is 0 Å². The maximum Gasteiger partial charge on any atom is 0.225 e. The first kappa shape index (κ1) is 14.9. The van der Waals surface area contributed by atoms with E-state index in [-0.39, 0.29) is 0 Å². The van der Waals surface area contributed by atoms with Gasteiger partial charge in [-0.3, -0.25) is 0 Å². The van der Waals surface area contributed by atoms with Crippen molar-refractivity contribution >= 4 is 5.95 Å². The summed E-state index contributed by atoms with van der Waals surface area (Å²) in [5.41, 5.74) is 0. The quantitative estimate of drug-likeness (QED) is 0.841. The Labute approximate surface area is 131 Å². The van der Waals surface area contributed by atoms with Gasteiger partial charge < -0.3 is 14.4 Å². The molecule has 7 heteroatoms. The number of aromatic nitrogens is 5. The van der Waals surface area contributed by atoms with Crippen molar-refractivity contribution in [3.63, 3.8) is 0 Å². The van der Waals surface area contributed by atoms with Crippen molar-refractivity contribution < 1.29 is 0 Å². The molecule has 1 saturated heterocycles. The van der Waals surface area contributed by atoms with Crippen molar-refractivity contribution in [1.82, 2.24) is 29.6 Å². The van der Waals surface area contributed by atoms with Gasteiger partial charge in [-0.25, -0.2) is 9.97 Å². The van der Waals surface area contributed by atoms with Gasteiger partial charge in [0.1, 0.15) is 11.6 Å². The van der Waals surface area contributed by atoms with Gasteiger partial charge in [-0.05, 0) is 33.0 Å². The summed E-state index contributed by atoms with van der Waals surface area (Å²) in [4.78, 5) is 13.1. The van der Waals surface area contributed by atoms with Gasteiger partial charge in [0.05, 0.1) is 6.54 Å². The number of hydrogen-bond acceptors (Lipinski definition) is 6. The van der Waals surface area contributed by atoms with Gasteiger partial charge in [-0.15, -0.1) is 10.2 Å². The molecule has 3 rings (SSSR count). The summed E-state index contributed by atoms with van der Waals surface area (Å²) in [5.74, 6) is 3.26. The van der Waals surface area contributed by atoms with Crippen LogP contribution in [0.3, 0.4) is 0 Å². The molecule has 3 heterocycles. The van der Waals surface area contributed by atoms with E-state index in [1.807, 2.05) is 20.2 Å². The van der Waals surface area contributed by atoms with Crippen LogP contribution in [0.4, 0.5) is 5.95 Å². The van der Waals surface area contributed by atoms with Crippen LogP contribution in [0.2, 0.25) is 0 Å². The van der Waals surface area contributed by atoms with E-state index in [1.54, 1.807) is 12.4 Å². The number of piperidine rings is 1. The van der Waals surface area contributed by atoms with Crippen molar-refractivity contribution in [3.05, 3.63) is 30.1 Å². The standard InChI is InChI=1S/C15H23N7/c1-20(2)11-13-18-19-14(21(13)3)12-6-4-9-22(10-12)15-16-7-5-8-17-15/h5,7-8,12H,4,6,9-11H2,1-3H3/t12-/m1/s1. The minimum atomic E-state index is 0.381. The lowest BCUT2D eigenvalue weighted by atomic mass is 9.97. The van der Waals surface area contributed by atoms with Gasteiger partial charge in [0, 0.05) is 38.4 Å². The molecule has 0 saturated carbocycles. The lowest BCUT2D eigenvalue weighted by Crippen LogP contribution is -2.36. The number of nitrogens with zero attached hydrogens (tertiary/aromatic N) is 7. The molecule has 118 valence electrons. The average molecular weight is 301 g/mol. The Morgan fingerprint density at radius 2 is 2.00 bits per heavy atom. The average Bonchev–Trinajstić information content (AvgIpc) is 2.89. The summed E-state index contributed by atoms with van der Waals surface area (Å²) in [6.45, 7) is 2.71. The van der Waals surface area contributed by atoms with Crippen molar-refractivity contribution in [2.24, 2.45) is 7.05 Å². The third-order valence-corrected chi connectivity index (χ3v) is 4.08. The van der Waals surface area contributed by atoms with Crippen molar-refractivity contribution in [1.29, 1.82) is 0 Å². The van der Waals surface area contributed by atoms with Crippen LogP contribution in [0.15, 0.2) is 18.5 Å². The highest BCUT2D eigenvalue weighted by Crippen LogP contribution is 2.27. The number of hydrogen-bond donors (Lipinski definition) is 0. The molecule has 2 aromatic heterocycles. The summed E-state index contributed by atoms with van der Waals surface area (Å²) < 4.78 is 2.14. The highest BCUT2D eigenvalue weighted by molar-refractivity contribution is 5.30. The first-order valence-corrected chi connectivity index (χ1v) is 7.70. The summed E-state index contributed by atoms with van der Waals surface area (Å²) in [6.07, 6.45) is 5.85. The van der Waals surface area contributed by atoms with Crippen LogP contribution in [-0.2, 0) is 13.6 Å². The molecule has 0 amide bonds. The fraction of sp³-hybridized carbons (Fsp3) is 0.600. The van der Waals surface area contributed by atoms with Gasteiger partial charge in [-0.2, -0.15) is 0 Å². The molecular formula is C15H23N7. The maximum atomic E-state index is 4.44. The van der Waals surface area contributed by atoms with Gasteiger partial charge in [0.15, 0.2) is 0 Å². The fourth-order valence-electron chi connectivity index (χ4n) is 2.98. The molecule has 1 fully saturated rings. The van der Waals surface area contributed by atoms with E-state index in [1.165, 1.54) is 0 Å². The van der Waals surface area contributed by atoms with Crippen molar-refractivity contribution in [2.75, 3.05) is 32.1 Å². The molecule has 0 aromatic carbocycles. The number of rotatable bonds is 4. The molecule has 0 aliphatic carbocycles. The summed E-state index contributed by atoms with van der Waals surface area (Å²) in [5, 5.41) is 8.79. The third kappa shape index (κ3) is 3.09. The Morgan fingerprint density at radius 1 is 1.23 bits per heavy atom. The zero-order valence-electron chi connectivity index (χ0n) is 13.5. The summed E-state index contributed by atoms with van der Waals surface area (Å²) >= 11 is 0. The summed E-state index contributed by atoms with van der Waals surface area (Å²) in [6, 6.07) is 1.85. The first-order chi connectivity index (χ1) is 10.6. The Balaban J connectivity index is 1.76. The topological polar surface area (TPSA) is 63.0 Å². The van der Waals surface area contributed by atoms with E-state index in [2.05, 4.69) is 41.6 Å². The zero-order chi connectivity index (χ0) is 15.5. The molecule has 1 aliphatic rings. The number of anilines is 1. The van der Waals surface area contributed by atoms with Crippen LogP contribution >= 0.6 is 0 Å². The fourth-order valence-corrected chi connectivity index (χ4v) is 2.98. The molecule has 7 nitrogen and oxygen atoms in total. The molecule has 0 N–H and O–H groups in total. The predicted molar refractivity (Wildman–Crippen MR) is 84.6 cm³/mol. The Bertz CT molecular complexity index is 608. The van der Waals surface area contributed by atoms with Gasteiger partial charge in [0.2, 0.25) is 5.95 Å². The van der Waals surface area contributed by atoms with E-state index in [4.69, 9.17) is 0 Å². The molecule has 0 radical (unpaired) electrons. The van der Waals surface area contributed by atoms with Crippen LogP contribution in [0.1, 0.15) is 30.4 Å². The molecule has 1 atom stereocenters. The molecular weight excluding hydrogens is 278 g/mol. The molecule has 22 heavy (non-hydrogen) atoms. The Hall–Kier alpha value is -2.02. The van der Waals surface area contributed by atoms with Crippen LogP contribution in [0, 0.1) is 0 Å². The Morgan fingerprint density at radius 3 is 2.73 bits per heavy atom. The highest BCUT2D eigenvalue weighted by atomic mass is 15.3. The molecule has 0 unspecified atom stereocenters. The van der Waals surface area contributed by atoms with Crippen molar-refractivity contribution in [3.8, 4) is 0 Å². The summed E-state index contributed by atoms with van der Waals surface area (Å²) in [7, 11) is 6.15. The van der Waals surface area contributed by atoms with Gasteiger partial charge in [0.25, 0.3) is 0 Å². The minimum Gasteiger partial charge on any atom is -0.340 e. The molecule has 1 aliphatic heterocycles. The highest BCUT2D eigenvalue weighted by Gasteiger charge is 2.27. The molecule has 2 aromatic rings. The van der Waals surface area contributed by atoms with E-state index in [0.717, 1.165) is 50.1 Å². The SMILES string of the molecule is CN(C)Cc1nnc([C@@H]2CCCN(c3ncccn3)C2)n1C. The maximum absolute atomic E-state index is 4.44. The van der Waals surface area contributed by atoms with Crippen LogP contribution < -0.4 is 4.90 Å². The second-order valence-corrected chi connectivity index (χ2v) is 6.11. The van der Waals surface area contributed by atoms with E-state index in [0.29, 0.717) is 5.92 Å². The molecule has 0 spiro atoms. The first-order valence-electron chi connectivity index (χ1n) is 7.70.